The Morgan fingerprint density at radius 1 is 1.03 bits per heavy atom. The van der Waals surface area contributed by atoms with E-state index in [0.29, 0.717) is 48.7 Å². The summed E-state index contributed by atoms with van der Waals surface area (Å²) in [6.07, 6.45) is 0. The van der Waals surface area contributed by atoms with Gasteiger partial charge in [-0.25, -0.2) is 0 Å². The lowest BCUT2D eigenvalue weighted by Gasteiger charge is -2.15. The molecule has 9 heteroatoms. The maximum Gasteiger partial charge on any atom is 0.221 e. The third-order valence-corrected chi connectivity index (χ3v) is 3.77. The summed E-state index contributed by atoms with van der Waals surface area (Å²) in [7, 11) is 3.30. The van der Waals surface area contributed by atoms with Gasteiger partial charge in [0.2, 0.25) is 5.91 Å². The second-order valence-electron chi connectivity index (χ2n) is 5.98. The number of rotatable bonds is 9. The van der Waals surface area contributed by atoms with Crippen LogP contribution in [-0.2, 0) is 4.79 Å². The molecule has 0 saturated heterocycles. The summed E-state index contributed by atoms with van der Waals surface area (Å²) in [5, 5.41) is 9.12. The molecule has 0 aromatic heterocycles. The zero-order valence-electron chi connectivity index (χ0n) is 17.7. The van der Waals surface area contributed by atoms with E-state index in [4.69, 9.17) is 14.2 Å². The number of nitrogens with zero attached hydrogens (tertiary/aromatic N) is 1. The van der Waals surface area contributed by atoms with Crippen molar-refractivity contribution in [1.29, 1.82) is 0 Å². The summed E-state index contributed by atoms with van der Waals surface area (Å²) in [6.45, 7) is 4.91. The molecule has 2 aromatic carbocycles. The first-order valence-electron chi connectivity index (χ1n) is 9.34. The van der Waals surface area contributed by atoms with Crippen LogP contribution < -0.4 is 30.2 Å². The second kappa shape index (κ2) is 13.5. The predicted molar refractivity (Wildman–Crippen MR) is 131 cm³/mol. The molecule has 0 radical (unpaired) electrons. The fraction of sp³-hybridized carbons (Fsp3) is 0.333. The van der Waals surface area contributed by atoms with E-state index in [9.17, 15) is 4.79 Å². The summed E-state index contributed by atoms with van der Waals surface area (Å²) < 4.78 is 16.6. The summed E-state index contributed by atoms with van der Waals surface area (Å²) in [4.78, 5) is 15.4. The van der Waals surface area contributed by atoms with Gasteiger partial charge in [0.1, 0.15) is 12.4 Å². The van der Waals surface area contributed by atoms with Gasteiger partial charge in [0, 0.05) is 37.5 Å². The van der Waals surface area contributed by atoms with Gasteiger partial charge in [-0.05, 0) is 31.2 Å². The Morgan fingerprint density at radius 2 is 1.80 bits per heavy atom. The van der Waals surface area contributed by atoms with Crippen LogP contribution in [0, 0.1) is 0 Å². The van der Waals surface area contributed by atoms with Crippen molar-refractivity contribution in [1.82, 2.24) is 5.32 Å². The van der Waals surface area contributed by atoms with Crippen molar-refractivity contribution in [3.8, 4) is 17.2 Å². The van der Waals surface area contributed by atoms with Gasteiger partial charge < -0.3 is 30.2 Å². The van der Waals surface area contributed by atoms with Gasteiger partial charge in [-0.3, -0.25) is 9.79 Å². The second-order valence-corrected chi connectivity index (χ2v) is 5.98. The van der Waals surface area contributed by atoms with Crippen LogP contribution in [-0.4, -0.2) is 45.8 Å². The fourth-order valence-electron chi connectivity index (χ4n) is 2.54. The largest absolute Gasteiger partial charge is 0.493 e. The SMILES string of the molecule is CCOc1cc(NC(=NC)NCCOc2cccc(NC(C)=O)c2)ccc1OC.I. The van der Waals surface area contributed by atoms with Gasteiger partial charge >= 0.3 is 0 Å². The number of amides is 1. The van der Waals surface area contributed by atoms with E-state index in [-0.39, 0.29) is 29.9 Å². The fourth-order valence-corrected chi connectivity index (χ4v) is 2.54. The zero-order chi connectivity index (χ0) is 21.1. The quantitative estimate of drug-likeness (QED) is 0.199. The van der Waals surface area contributed by atoms with Crippen molar-refractivity contribution in [2.75, 3.05) is 44.5 Å². The summed E-state index contributed by atoms with van der Waals surface area (Å²) >= 11 is 0. The molecule has 0 saturated carbocycles. The van der Waals surface area contributed by atoms with Crippen LogP contribution in [0.4, 0.5) is 11.4 Å². The minimum atomic E-state index is -0.121. The van der Waals surface area contributed by atoms with Gasteiger partial charge in [0.05, 0.1) is 20.3 Å². The Morgan fingerprint density at radius 3 is 2.47 bits per heavy atom. The smallest absolute Gasteiger partial charge is 0.221 e. The number of hydrogen-bond acceptors (Lipinski definition) is 5. The Kier molecular flexibility index (Phi) is 11.4. The monoisotopic (exact) mass is 528 g/mol. The van der Waals surface area contributed by atoms with E-state index >= 15 is 0 Å². The predicted octanol–water partition coefficient (Wildman–Crippen LogP) is 3.74. The lowest BCUT2D eigenvalue weighted by Crippen LogP contribution is -2.33. The molecule has 0 aliphatic carbocycles. The molecular weight excluding hydrogens is 499 g/mol. The van der Waals surface area contributed by atoms with Gasteiger partial charge in [-0.2, -0.15) is 0 Å². The van der Waals surface area contributed by atoms with Crippen LogP contribution >= 0.6 is 24.0 Å². The molecule has 1 amide bonds. The number of carbonyl (C=O) groups excluding carboxylic acids is 1. The van der Waals surface area contributed by atoms with Crippen LogP contribution in [0.25, 0.3) is 0 Å². The number of guanidine groups is 1. The normalized spacial score (nSPS) is 10.5. The summed E-state index contributed by atoms with van der Waals surface area (Å²) in [5.74, 6) is 2.50. The minimum Gasteiger partial charge on any atom is -0.493 e. The first-order valence-corrected chi connectivity index (χ1v) is 9.34. The first kappa shape index (κ1) is 25.3. The van der Waals surface area contributed by atoms with Crippen molar-refractivity contribution < 1.29 is 19.0 Å². The van der Waals surface area contributed by atoms with Crippen molar-refractivity contribution in [3.63, 3.8) is 0 Å². The number of ether oxygens (including phenoxy) is 3. The van der Waals surface area contributed by atoms with Crippen LogP contribution in [0.3, 0.4) is 0 Å². The van der Waals surface area contributed by atoms with Crippen molar-refractivity contribution in [3.05, 3.63) is 42.5 Å². The average molecular weight is 528 g/mol. The number of nitrogens with one attached hydrogen (secondary N) is 3. The van der Waals surface area contributed by atoms with Crippen LogP contribution in [0.1, 0.15) is 13.8 Å². The molecular formula is C21H29IN4O4. The Hall–Kier alpha value is -2.69. The molecule has 0 fully saturated rings. The van der Waals surface area contributed by atoms with Gasteiger partial charge in [-0.1, -0.05) is 6.07 Å². The van der Waals surface area contributed by atoms with E-state index in [2.05, 4.69) is 20.9 Å². The van der Waals surface area contributed by atoms with E-state index in [0.717, 1.165) is 5.69 Å². The molecule has 0 unspecified atom stereocenters. The number of hydrogen-bond donors (Lipinski definition) is 3. The molecule has 30 heavy (non-hydrogen) atoms. The highest BCUT2D eigenvalue weighted by Gasteiger charge is 2.07. The van der Waals surface area contributed by atoms with E-state index in [1.54, 1.807) is 20.2 Å². The minimum absolute atomic E-state index is 0. The highest BCUT2D eigenvalue weighted by atomic mass is 127. The van der Waals surface area contributed by atoms with Gasteiger partial charge in [0.15, 0.2) is 17.5 Å². The average Bonchev–Trinajstić information content (AvgIpc) is 2.70. The lowest BCUT2D eigenvalue weighted by molar-refractivity contribution is -0.114. The van der Waals surface area contributed by atoms with E-state index in [1.165, 1.54) is 6.92 Å². The molecule has 0 atom stereocenters. The number of benzene rings is 2. The van der Waals surface area contributed by atoms with Gasteiger partial charge in [0.25, 0.3) is 0 Å². The third-order valence-electron chi connectivity index (χ3n) is 3.77. The molecule has 0 aliphatic rings. The topological polar surface area (TPSA) is 93.2 Å². The maximum absolute atomic E-state index is 11.1. The van der Waals surface area contributed by atoms with Crippen molar-refractivity contribution in [2.45, 2.75) is 13.8 Å². The molecule has 0 heterocycles. The first-order chi connectivity index (χ1) is 14.0. The van der Waals surface area contributed by atoms with Crippen LogP contribution in [0.5, 0.6) is 17.2 Å². The molecule has 0 spiro atoms. The number of carbonyl (C=O) groups is 1. The van der Waals surface area contributed by atoms with Gasteiger partial charge in [-0.15, -0.1) is 24.0 Å². The van der Waals surface area contributed by atoms with Crippen LogP contribution in [0.2, 0.25) is 0 Å². The number of methoxy groups -OCH3 is 1. The molecule has 2 aromatic rings. The Bertz CT molecular complexity index is 846. The number of anilines is 2. The molecule has 164 valence electrons. The van der Waals surface area contributed by atoms with Crippen LogP contribution in [0.15, 0.2) is 47.5 Å². The maximum atomic E-state index is 11.1. The zero-order valence-corrected chi connectivity index (χ0v) is 20.0. The molecule has 0 aliphatic heterocycles. The highest BCUT2D eigenvalue weighted by Crippen LogP contribution is 2.30. The van der Waals surface area contributed by atoms with E-state index in [1.807, 2.05) is 43.3 Å². The molecule has 8 nitrogen and oxygen atoms in total. The highest BCUT2D eigenvalue weighted by molar-refractivity contribution is 14.0. The lowest BCUT2D eigenvalue weighted by atomic mass is 10.2. The summed E-state index contributed by atoms with van der Waals surface area (Å²) in [5.41, 5.74) is 1.52. The van der Waals surface area contributed by atoms with Crippen molar-refractivity contribution >= 4 is 47.2 Å². The molecule has 3 N–H and O–H groups in total. The van der Waals surface area contributed by atoms with E-state index < -0.39 is 0 Å². The standard InChI is InChI=1S/C21H28N4O4.HI/c1-5-28-20-14-17(9-10-19(20)27-4)25-21(22-3)23-11-12-29-18-8-6-7-16(13-18)24-15(2)26;/h6-10,13-14H,5,11-12H2,1-4H3,(H,24,26)(H2,22,23,25);1H. The molecule has 2 rings (SSSR count). The summed E-state index contributed by atoms with van der Waals surface area (Å²) in [6, 6.07) is 12.8. The Balaban J connectivity index is 0.00000450. The molecule has 0 bridgehead atoms. The number of halogens is 1. The number of aliphatic imine (C=N–C) groups is 1. The Labute approximate surface area is 194 Å². The third kappa shape index (κ3) is 8.36. The van der Waals surface area contributed by atoms with Crippen molar-refractivity contribution in [2.24, 2.45) is 4.99 Å².